The van der Waals surface area contributed by atoms with Gasteiger partial charge in [-0.25, -0.2) is 0 Å². The molecule has 1 saturated heterocycles. The molecule has 0 atom stereocenters. The van der Waals surface area contributed by atoms with Gasteiger partial charge in [0.25, 0.3) is 0 Å². The Morgan fingerprint density at radius 1 is 1.10 bits per heavy atom. The van der Waals surface area contributed by atoms with Crippen LogP contribution in [0.25, 0.3) is 0 Å². The van der Waals surface area contributed by atoms with Crippen LogP contribution in [0.15, 0.2) is 0 Å². The van der Waals surface area contributed by atoms with E-state index in [2.05, 4.69) is 20.4 Å². The van der Waals surface area contributed by atoms with Crippen molar-refractivity contribution < 1.29 is 0 Å². The van der Waals surface area contributed by atoms with Crippen molar-refractivity contribution in [1.29, 1.82) is 0 Å². The highest BCUT2D eigenvalue weighted by molar-refractivity contribution is 5.29. The first-order valence-electron chi connectivity index (χ1n) is 8.66. The van der Waals surface area contributed by atoms with Gasteiger partial charge >= 0.3 is 0 Å². The molecule has 2 aliphatic rings. The molecular weight excluding hydrogens is 262 g/mol. The maximum atomic E-state index is 4.74. The van der Waals surface area contributed by atoms with Gasteiger partial charge in [-0.1, -0.05) is 32.1 Å². The van der Waals surface area contributed by atoms with Crippen LogP contribution < -0.4 is 10.2 Å². The van der Waals surface area contributed by atoms with Crippen molar-refractivity contribution in [3.63, 3.8) is 0 Å². The van der Waals surface area contributed by atoms with Crippen molar-refractivity contribution in [3.05, 3.63) is 5.82 Å². The zero-order valence-corrected chi connectivity index (χ0v) is 13.3. The Balaban J connectivity index is 1.50. The molecule has 21 heavy (non-hydrogen) atoms. The van der Waals surface area contributed by atoms with E-state index in [9.17, 15) is 0 Å². The van der Waals surface area contributed by atoms with E-state index in [-0.39, 0.29) is 0 Å². The molecule has 2 N–H and O–H groups in total. The lowest BCUT2D eigenvalue weighted by Crippen LogP contribution is -2.37. The first-order valence-corrected chi connectivity index (χ1v) is 8.66. The van der Waals surface area contributed by atoms with Gasteiger partial charge in [-0.2, -0.15) is 4.98 Å². The lowest BCUT2D eigenvalue weighted by Gasteiger charge is -2.31. The molecule has 1 aliphatic carbocycles. The number of rotatable bonds is 5. The summed E-state index contributed by atoms with van der Waals surface area (Å²) in [4.78, 5) is 7.08. The first-order chi connectivity index (χ1) is 10.3. The second-order valence-electron chi connectivity index (χ2n) is 6.78. The van der Waals surface area contributed by atoms with Crippen molar-refractivity contribution in [2.45, 2.75) is 51.4 Å². The van der Waals surface area contributed by atoms with E-state index < -0.39 is 0 Å². The fourth-order valence-electron chi connectivity index (χ4n) is 3.81. The summed E-state index contributed by atoms with van der Waals surface area (Å²) in [6.07, 6.45) is 10.5. The van der Waals surface area contributed by atoms with Crippen molar-refractivity contribution in [1.82, 2.24) is 20.5 Å². The lowest BCUT2D eigenvalue weighted by atomic mass is 9.87. The maximum Gasteiger partial charge on any atom is 0.244 e. The number of hydrogen-bond acceptors (Lipinski definition) is 4. The molecule has 1 saturated carbocycles. The summed E-state index contributed by atoms with van der Waals surface area (Å²) in [5, 5.41) is 10.9. The van der Waals surface area contributed by atoms with Crippen molar-refractivity contribution in [2.75, 3.05) is 31.6 Å². The Morgan fingerprint density at radius 3 is 2.57 bits per heavy atom. The first kappa shape index (κ1) is 14.8. The van der Waals surface area contributed by atoms with Crippen LogP contribution in [0.5, 0.6) is 0 Å². The molecule has 0 unspecified atom stereocenters. The summed E-state index contributed by atoms with van der Waals surface area (Å²) in [6, 6.07) is 0. The summed E-state index contributed by atoms with van der Waals surface area (Å²) in [5.41, 5.74) is 0. The summed E-state index contributed by atoms with van der Waals surface area (Å²) in [5.74, 6) is 3.64. The third kappa shape index (κ3) is 3.96. The third-order valence-electron chi connectivity index (χ3n) is 5.12. The summed E-state index contributed by atoms with van der Waals surface area (Å²) in [6.45, 7) is 3.31. The molecule has 2 heterocycles. The van der Waals surface area contributed by atoms with E-state index in [1.807, 2.05) is 7.05 Å². The van der Waals surface area contributed by atoms with E-state index >= 15 is 0 Å². The molecular formula is C16H29N5. The van der Waals surface area contributed by atoms with Crippen LogP contribution in [0.2, 0.25) is 0 Å². The van der Waals surface area contributed by atoms with Crippen LogP contribution in [0, 0.1) is 11.8 Å². The zero-order chi connectivity index (χ0) is 14.5. The van der Waals surface area contributed by atoms with Crippen LogP contribution in [-0.4, -0.2) is 41.9 Å². The predicted octanol–water partition coefficient (Wildman–Crippen LogP) is 2.36. The molecule has 118 valence electrons. The highest BCUT2D eigenvalue weighted by Crippen LogP contribution is 2.26. The van der Waals surface area contributed by atoms with Crippen molar-refractivity contribution in [3.8, 4) is 0 Å². The maximum absolute atomic E-state index is 4.74. The van der Waals surface area contributed by atoms with Crippen LogP contribution in [0.4, 0.5) is 5.95 Å². The fraction of sp³-hybridized carbons (Fsp3) is 0.875. The molecule has 1 aliphatic heterocycles. The number of aromatic nitrogens is 3. The Labute approximate surface area is 127 Å². The number of aromatic amines is 1. The number of piperidine rings is 1. The topological polar surface area (TPSA) is 56.8 Å². The van der Waals surface area contributed by atoms with Crippen molar-refractivity contribution >= 4 is 5.95 Å². The normalized spacial score (nSPS) is 21.9. The number of hydrogen-bond donors (Lipinski definition) is 2. The van der Waals surface area contributed by atoms with Gasteiger partial charge in [0.1, 0.15) is 5.82 Å². The molecule has 5 heteroatoms. The largest absolute Gasteiger partial charge is 0.340 e. The Hall–Kier alpha value is -1.10. The molecule has 1 aromatic heterocycles. The highest BCUT2D eigenvalue weighted by Gasteiger charge is 2.22. The summed E-state index contributed by atoms with van der Waals surface area (Å²) >= 11 is 0. The van der Waals surface area contributed by atoms with E-state index in [0.29, 0.717) is 0 Å². The minimum Gasteiger partial charge on any atom is -0.340 e. The molecule has 0 amide bonds. The quantitative estimate of drug-likeness (QED) is 0.874. The van der Waals surface area contributed by atoms with E-state index in [1.54, 1.807) is 0 Å². The minimum absolute atomic E-state index is 0.812. The summed E-state index contributed by atoms with van der Waals surface area (Å²) < 4.78 is 0. The van der Waals surface area contributed by atoms with Gasteiger partial charge in [0.15, 0.2) is 0 Å². The third-order valence-corrected chi connectivity index (χ3v) is 5.12. The Bertz CT molecular complexity index is 416. The van der Waals surface area contributed by atoms with Crippen LogP contribution in [0.3, 0.4) is 0 Å². The van der Waals surface area contributed by atoms with Gasteiger partial charge in [-0.05, 0) is 38.3 Å². The Morgan fingerprint density at radius 2 is 1.86 bits per heavy atom. The van der Waals surface area contributed by atoms with Gasteiger partial charge in [0.05, 0.1) is 0 Å². The molecule has 1 aromatic rings. The van der Waals surface area contributed by atoms with E-state index in [4.69, 9.17) is 4.98 Å². The number of anilines is 1. The Kier molecular flexibility index (Phi) is 5.12. The molecule has 3 rings (SSSR count). The molecule has 2 fully saturated rings. The minimum atomic E-state index is 0.812. The summed E-state index contributed by atoms with van der Waals surface area (Å²) in [7, 11) is 2.04. The molecule has 0 aromatic carbocycles. The number of nitrogens with zero attached hydrogens (tertiary/aromatic N) is 3. The van der Waals surface area contributed by atoms with Gasteiger partial charge in [0, 0.05) is 19.5 Å². The second kappa shape index (κ2) is 7.25. The van der Waals surface area contributed by atoms with E-state index in [0.717, 1.165) is 49.7 Å². The zero-order valence-electron chi connectivity index (χ0n) is 13.3. The average molecular weight is 291 g/mol. The SMILES string of the molecule is CNCC1CCN(c2n[nH]c(CC3CCCCC3)n2)CC1. The van der Waals surface area contributed by atoms with Crippen LogP contribution in [-0.2, 0) is 6.42 Å². The van der Waals surface area contributed by atoms with Gasteiger partial charge in [-0.3, -0.25) is 5.10 Å². The number of H-pyrrole nitrogens is 1. The van der Waals surface area contributed by atoms with Crippen LogP contribution in [0.1, 0.15) is 50.8 Å². The monoisotopic (exact) mass is 291 g/mol. The predicted molar refractivity (Wildman–Crippen MR) is 85.5 cm³/mol. The lowest BCUT2D eigenvalue weighted by molar-refractivity contribution is 0.352. The highest BCUT2D eigenvalue weighted by atomic mass is 15.4. The number of nitrogens with one attached hydrogen (secondary N) is 2. The second-order valence-corrected chi connectivity index (χ2v) is 6.78. The van der Waals surface area contributed by atoms with Gasteiger partial charge < -0.3 is 10.2 Å². The molecule has 0 spiro atoms. The molecule has 0 bridgehead atoms. The smallest absolute Gasteiger partial charge is 0.244 e. The standard InChI is InChI=1S/C16H29N5/c1-17-12-14-7-9-21(10-8-14)16-18-15(19-20-16)11-13-5-3-2-4-6-13/h13-14,17H,2-12H2,1H3,(H,18,19,20). The average Bonchev–Trinajstić information content (AvgIpc) is 2.98. The molecule has 5 nitrogen and oxygen atoms in total. The van der Waals surface area contributed by atoms with Gasteiger partial charge in [0.2, 0.25) is 5.95 Å². The van der Waals surface area contributed by atoms with Crippen molar-refractivity contribution in [2.24, 2.45) is 11.8 Å². The van der Waals surface area contributed by atoms with Gasteiger partial charge in [-0.15, -0.1) is 5.10 Å². The van der Waals surface area contributed by atoms with E-state index in [1.165, 1.54) is 44.9 Å². The fourth-order valence-corrected chi connectivity index (χ4v) is 3.81. The van der Waals surface area contributed by atoms with Crippen LogP contribution >= 0.6 is 0 Å². The molecule has 0 radical (unpaired) electrons.